The predicted octanol–water partition coefficient (Wildman–Crippen LogP) is 2.22. The fraction of sp³-hybridized carbons (Fsp3) is 0.238. The molecule has 0 atom stereocenters. The van der Waals surface area contributed by atoms with Gasteiger partial charge in [-0.15, -0.1) is 0 Å². The Hall–Kier alpha value is -3.68. The van der Waals surface area contributed by atoms with Gasteiger partial charge in [-0.3, -0.25) is 9.78 Å². The van der Waals surface area contributed by atoms with Gasteiger partial charge in [0.25, 0.3) is 0 Å². The highest BCUT2D eigenvalue weighted by molar-refractivity contribution is 5.92. The summed E-state index contributed by atoms with van der Waals surface area (Å²) in [5.41, 5.74) is 1.14. The molecule has 8 nitrogen and oxygen atoms in total. The molecule has 1 fully saturated rings. The van der Waals surface area contributed by atoms with Crippen LogP contribution in [-0.4, -0.2) is 66.0 Å². The second kappa shape index (κ2) is 9.50. The number of hydrogen-bond donors (Lipinski definition) is 0. The number of pyridine rings is 1. The molecule has 29 heavy (non-hydrogen) atoms. The molecule has 2 amide bonds. The molecule has 0 aliphatic carbocycles. The summed E-state index contributed by atoms with van der Waals surface area (Å²) < 4.78 is 9.91. The Bertz CT molecular complexity index is 906. The minimum atomic E-state index is -0.564. The van der Waals surface area contributed by atoms with Crippen LogP contribution in [0.5, 0.6) is 5.75 Å². The number of rotatable bonds is 4. The van der Waals surface area contributed by atoms with E-state index in [0.29, 0.717) is 26.2 Å². The Balaban J connectivity index is 1.51. The first-order valence-corrected chi connectivity index (χ1v) is 9.09. The molecular formula is C21H21N3O5. The number of amides is 2. The van der Waals surface area contributed by atoms with Gasteiger partial charge in [-0.1, -0.05) is 30.3 Å². The van der Waals surface area contributed by atoms with Crippen molar-refractivity contribution in [2.45, 2.75) is 0 Å². The van der Waals surface area contributed by atoms with Crippen LogP contribution in [-0.2, 0) is 9.53 Å². The summed E-state index contributed by atoms with van der Waals surface area (Å²) in [6, 6.07) is 11.0. The summed E-state index contributed by atoms with van der Waals surface area (Å²) in [7, 11) is 1.26. The van der Waals surface area contributed by atoms with Crippen molar-refractivity contribution in [1.29, 1.82) is 0 Å². The highest BCUT2D eigenvalue weighted by Gasteiger charge is 2.24. The average Bonchev–Trinajstić information content (AvgIpc) is 2.78. The number of methoxy groups -OCH3 is 1. The van der Waals surface area contributed by atoms with E-state index in [2.05, 4.69) is 9.72 Å². The molecule has 0 bridgehead atoms. The Morgan fingerprint density at radius 1 is 1.00 bits per heavy atom. The summed E-state index contributed by atoms with van der Waals surface area (Å²) in [4.78, 5) is 43.3. The van der Waals surface area contributed by atoms with Crippen molar-refractivity contribution in [2.75, 3.05) is 33.3 Å². The largest absolute Gasteiger partial charge is 0.465 e. The molecule has 8 heteroatoms. The number of benzene rings is 1. The number of nitrogens with zero attached hydrogens (tertiary/aromatic N) is 3. The zero-order valence-corrected chi connectivity index (χ0v) is 16.0. The van der Waals surface area contributed by atoms with E-state index in [0.717, 1.165) is 5.56 Å². The Morgan fingerprint density at radius 2 is 1.69 bits per heavy atom. The molecule has 150 valence electrons. The molecule has 1 aromatic carbocycles. The summed E-state index contributed by atoms with van der Waals surface area (Å²) in [6.07, 6.45) is 5.42. The molecule has 3 rings (SSSR count). The van der Waals surface area contributed by atoms with E-state index in [1.54, 1.807) is 11.0 Å². The molecule has 0 saturated carbocycles. The van der Waals surface area contributed by atoms with Crippen LogP contribution >= 0.6 is 0 Å². The summed E-state index contributed by atoms with van der Waals surface area (Å²) >= 11 is 0. The van der Waals surface area contributed by atoms with Gasteiger partial charge in [-0.25, -0.2) is 9.59 Å². The highest BCUT2D eigenvalue weighted by Crippen LogP contribution is 2.14. The Kier molecular flexibility index (Phi) is 6.57. The third-order valence-corrected chi connectivity index (χ3v) is 4.41. The average molecular weight is 395 g/mol. The molecular weight excluding hydrogens is 374 g/mol. The fourth-order valence-corrected chi connectivity index (χ4v) is 2.82. The van der Waals surface area contributed by atoms with Gasteiger partial charge in [0, 0.05) is 38.5 Å². The van der Waals surface area contributed by atoms with Gasteiger partial charge in [0.2, 0.25) is 5.91 Å². The van der Waals surface area contributed by atoms with Gasteiger partial charge < -0.3 is 19.3 Å². The number of ether oxygens (including phenoxy) is 2. The molecule has 0 N–H and O–H groups in total. The first-order valence-electron chi connectivity index (χ1n) is 9.09. The topological polar surface area (TPSA) is 89.0 Å². The maximum atomic E-state index is 12.3. The van der Waals surface area contributed by atoms with Gasteiger partial charge in [-0.05, 0) is 17.7 Å². The standard InChI is InChI=1S/C21H21N3O5/c1-28-20(26)17-13-18(15-22-14-17)29-21(27)24-11-9-23(10-12-24)19(25)8-7-16-5-3-2-4-6-16/h2-8,13-15H,9-12H2,1H3. The van der Waals surface area contributed by atoms with Gasteiger partial charge in [-0.2, -0.15) is 0 Å². The van der Waals surface area contributed by atoms with Gasteiger partial charge in [0.15, 0.2) is 5.75 Å². The van der Waals surface area contributed by atoms with E-state index in [4.69, 9.17) is 4.74 Å². The van der Waals surface area contributed by atoms with Crippen molar-refractivity contribution in [3.05, 3.63) is 66.0 Å². The van der Waals surface area contributed by atoms with Crippen LogP contribution in [0, 0.1) is 0 Å². The molecule has 0 radical (unpaired) electrons. The molecule has 2 aromatic rings. The highest BCUT2D eigenvalue weighted by atomic mass is 16.6. The number of esters is 1. The van der Waals surface area contributed by atoms with Crippen molar-refractivity contribution in [3.8, 4) is 5.75 Å². The van der Waals surface area contributed by atoms with Crippen LogP contribution in [0.25, 0.3) is 6.08 Å². The van der Waals surface area contributed by atoms with Crippen LogP contribution in [0.4, 0.5) is 4.79 Å². The van der Waals surface area contributed by atoms with Gasteiger partial charge in [0.05, 0.1) is 18.9 Å². The minimum absolute atomic E-state index is 0.100. The second-order valence-electron chi connectivity index (χ2n) is 6.33. The van der Waals surface area contributed by atoms with E-state index in [1.165, 1.54) is 36.5 Å². The summed E-state index contributed by atoms with van der Waals surface area (Å²) in [6.45, 7) is 1.53. The Labute approximate surface area is 168 Å². The quantitative estimate of drug-likeness (QED) is 0.583. The number of hydrogen-bond acceptors (Lipinski definition) is 6. The number of aromatic nitrogens is 1. The minimum Gasteiger partial charge on any atom is -0.465 e. The smallest absolute Gasteiger partial charge is 0.415 e. The lowest BCUT2D eigenvalue weighted by Gasteiger charge is -2.33. The first-order chi connectivity index (χ1) is 14.1. The van der Waals surface area contributed by atoms with Crippen LogP contribution in [0.1, 0.15) is 15.9 Å². The van der Waals surface area contributed by atoms with Crippen LogP contribution in [0.15, 0.2) is 54.9 Å². The van der Waals surface area contributed by atoms with E-state index in [9.17, 15) is 14.4 Å². The van der Waals surface area contributed by atoms with Crippen molar-refractivity contribution in [1.82, 2.24) is 14.8 Å². The third kappa shape index (κ3) is 5.41. The van der Waals surface area contributed by atoms with Crippen LogP contribution < -0.4 is 4.74 Å². The van der Waals surface area contributed by atoms with E-state index >= 15 is 0 Å². The molecule has 2 heterocycles. The van der Waals surface area contributed by atoms with E-state index in [-0.39, 0.29) is 17.2 Å². The van der Waals surface area contributed by atoms with Gasteiger partial charge in [0.1, 0.15) is 0 Å². The zero-order chi connectivity index (χ0) is 20.6. The van der Waals surface area contributed by atoms with Crippen molar-refractivity contribution in [3.63, 3.8) is 0 Å². The summed E-state index contributed by atoms with van der Waals surface area (Å²) in [5.74, 6) is -0.509. The van der Waals surface area contributed by atoms with Crippen LogP contribution in [0.2, 0.25) is 0 Å². The number of carbonyl (C=O) groups is 3. The summed E-state index contributed by atoms with van der Waals surface area (Å²) in [5, 5.41) is 0. The van der Waals surface area contributed by atoms with Crippen molar-refractivity contribution >= 4 is 24.0 Å². The van der Waals surface area contributed by atoms with Crippen LogP contribution in [0.3, 0.4) is 0 Å². The number of carbonyl (C=O) groups excluding carboxylic acids is 3. The lowest BCUT2D eigenvalue weighted by Crippen LogP contribution is -2.51. The lowest BCUT2D eigenvalue weighted by atomic mass is 10.2. The Morgan fingerprint density at radius 3 is 2.38 bits per heavy atom. The maximum Gasteiger partial charge on any atom is 0.415 e. The maximum absolute atomic E-state index is 12.3. The predicted molar refractivity (Wildman–Crippen MR) is 105 cm³/mol. The number of piperazine rings is 1. The molecule has 1 aliphatic heterocycles. The lowest BCUT2D eigenvalue weighted by molar-refractivity contribution is -0.127. The van der Waals surface area contributed by atoms with Crippen molar-refractivity contribution in [2.24, 2.45) is 0 Å². The molecule has 0 spiro atoms. The zero-order valence-electron chi connectivity index (χ0n) is 16.0. The van der Waals surface area contributed by atoms with Crippen molar-refractivity contribution < 1.29 is 23.9 Å². The normalized spacial score (nSPS) is 14.0. The SMILES string of the molecule is COC(=O)c1cncc(OC(=O)N2CCN(C(=O)C=Cc3ccccc3)CC2)c1. The van der Waals surface area contributed by atoms with E-state index in [1.807, 2.05) is 30.3 Å². The van der Waals surface area contributed by atoms with E-state index < -0.39 is 12.1 Å². The molecule has 1 aromatic heterocycles. The monoisotopic (exact) mass is 395 g/mol. The second-order valence-corrected chi connectivity index (χ2v) is 6.33. The molecule has 1 saturated heterocycles. The van der Waals surface area contributed by atoms with Gasteiger partial charge >= 0.3 is 12.1 Å². The molecule has 0 unspecified atom stereocenters. The molecule has 1 aliphatic rings. The third-order valence-electron chi connectivity index (χ3n) is 4.41. The fourth-order valence-electron chi connectivity index (χ4n) is 2.82. The first kappa shape index (κ1) is 20.1.